The second-order valence-electron chi connectivity index (χ2n) is 3.98. The fourth-order valence-corrected chi connectivity index (χ4v) is 3.00. The zero-order valence-electron chi connectivity index (χ0n) is 8.21. The van der Waals surface area contributed by atoms with E-state index >= 15 is 0 Å². The Kier molecular flexibility index (Phi) is 3.00. The van der Waals surface area contributed by atoms with Crippen molar-refractivity contribution < 1.29 is 0 Å². The van der Waals surface area contributed by atoms with Crippen molar-refractivity contribution in [2.24, 2.45) is 0 Å². The largest absolute Gasteiger partial charge is 0.225 e. The summed E-state index contributed by atoms with van der Waals surface area (Å²) in [6.07, 6.45) is 8.30. The summed E-state index contributed by atoms with van der Waals surface area (Å²) in [5.41, 5.74) is 2.55. The molecule has 2 rings (SSSR count). The van der Waals surface area contributed by atoms with Gasteiger partial charge in [-0.1, -0.05) is 25.7 Å². The SMILES string of the molecule is Cc1n[pH]nc1C1CCCCCC1. The molecule has 0 radical (unpaired) electrons. The van der Waals surface area contributed by atoms with E-state index in [4.69, 9.17) is 0 Å². The van der Waals surface area contributed by atoms with Gasteiger partial charge >= 0.3 is 0 Å². The van der Waals surface area contributed by atoms with Crippen LogP contribution in [0.15, 0.2) is 0 Å². The lowest BCUT2D eigenvalue weighted by molar-refractivity contribution is 0.578. The van der Waals surface area contributed by atoms with Gasteiger partial charge in [-0.15, -0.1) is 0 Å². The maximum atomic E-state index is 4.52. The van der Waals surface area contributed by atoms with E-state index in [-0.39, 0.29) is 0 Å². The van der Waals surface area contributed by atoms with Crippen LogP contribution in [0.25, 0.3) is 0 Å². The van der Waals surface area contributed by atoms with Gasteiger partial charge in [-0.05, 0) is 19.8 Å². The summed E-state index contributed by atoms with van der Waals surface area (Å²) in [6, 6.07) is 0. The summed E-state index contributed by atoms with van der Waals surface area (Å²) in [7, 11) is 0.467. The Morgan fingerprint density at radius 3 is 2.31 bits per heavy atom. The first kappa shape index (κ1) is 9.21. The van der Waals surface area contributed by atoms with Crippen molar-refractivity contribution >= 4 is 8.51 Å². The molecule has 1 aliphatic rings. The molecule has 1 aromatic heterocycles. The summed E-state index contributed by atoms with van der Waals surface area (Å²) in [4.78, 5) is 0. The molecule has 0 aromatic carbocycles. The topological polar surface area (TPSA) is 25.8 Å². The molecule has 1 heterocycles. The van der Waals surface area contributed by atoms with Crippen LogP contribution in [0, 0.1) is 6.92 Å². The smallest absolute Gasteiger partial charge is 0.0706 e. The molecule has 2 nitrogen and oxygen atoms in total. The van der Waals surface area contributed by atoms with E-state index in [9.17, 15) is 0 Å². The van der Waals surface area contributed by atoms with Crippen LogP contribution < -0.4 is 0 Å². The predicted molar refractivity (Wildman–Crippen MR) is 56.7 cm³/mol. The van der Waals surface area contributed by atoms with Gasteiger partial charge in [0.05, 0.1) is 19.9 Å². The van der Waals surface area contributed by atoms with Gasteiger partial charge in [-0.25, -0.2) is 9.49 Å². The molecule has 1 aromatic rings. The fraction of sp³-hybridized carbons (Fsp3) is 0.800. The van der Waals surface area contributed by atoms with Crippen molar-refractivity contribution in [3.05, 3.63) is 11.4 Å². The van der Waals surface area contributed by atoms with Crippen LogP contribution in [0.3, 0.4) is 0 Å². The number of hydrogen-bond donors (Lipinski definition) is 0. The maximum absolute atomic E-state index is 4.52. The van der Waals surface area contributed by atoms with Crippen LogP contribution in [0.2, 0.25) is 0 Å². The van der Waals surface area contributed by atoms with Crippen molar-refractivity contribution in [2.75, 3.05) is 0 Å². The van der Waals surface area contributed by atoms with Crippen LogP contribution >= 0.6 is 8.51 Å². The molecule has 0 saturated heterocycles. The molecule has 1 atom stereocenters. The van der Waals surface area contributed by atoms with Gasteiger partial charge in [0.2, 0.25) is 0 Å². The average molecular weight is 196 g/mol. The van der Waals surface area contributed by atoms with Crippen LogP contribution in [-0.2, 0) is 0 Å². The zero-order valence-corrected chi connectivity index (χ0v) is 9.21. The van der Waals surface area contributed by atoms with E-state index < -0.39 is 0 Å². The van der Waals surface area contributed by atoms with E-state index in [1.807, 2.05) is 0 Å². The average Bonchev–Trinajstić information content (AvgIpc) is 2.43. The summed E-state index contributed by atoms with van der Waals surface area (Å²) < 4.78 is 8.89. The van der Waals surface area contributed by atoms with Crippen LogP contribution in [0.1, 0.15) is 55.8 Å². The van der Waals surface area contributed by atoms with Gasteiger partial charge in [-0.2, -0.15) is 0 Å². The third kappa shape index (κ3) is 2.11. The number of rotatable bonds is 1. The van der Waals surface area contributed by atoms with E-state index in [2.05, 4.69) is 16.4 Å². The van der Waals surface area contributed by atoms with Crippen molar-refractivity contribution in [3.8, 4) is 0 Å². The highest BCUT2D eigenvalue weighted by Crippen LogP contribution is 2.32. The molecule has 0 spiro atoms. The molecule has 72 valence electrons. The van der Waals surface area contributed by atoms with E-state index in [0.717, 1.165) is 5.92 Å². The Hall–Kier alpha value is -0.360. The number of aromatic nitrogens is 2. The summed E-state index contributed by atoms with van der Waals surface area (Å²) in [5.74, 6) is 0.737. The minimum atomic E-state index is 0.467. The third-order valence-corrected chi connectivity index (χ3v) is 3.78. The van der Waals surface area contributed by atoms with Gasteiger partial charge < -0.3 is 0 Å². The molecule has 3 heteroatoms. The van der Waals surface area contributed by atoms with Crippen molar-refractivity contribution in [1.29, 1.82) is 0 Å². The molecular formula is C10H17N2P. The monoisotopic (exact) mass is 196 g/mol. The highest BCUT2D eigenvalue weighted by molar-refractivity contribution is 7.20. The van der Waals surface area contributed by atoms with Crippen molar-refractivity contribution in [2.45, 2.75) is 51.4 Å². The van der Waals surface area contributed by atoms with Gasteiger partial charge in [0.1, 0.15) is 0 Å². The lowest BCUT2D eigenvalue weighted by Gasteiger charge is -2.11. The molecular weight excluding hydrogens is 179 g/mol. The number of nitrogens with zero attached hydrogens (tertiary/aromatic N) is 2. The lowest BCUT2D eigenvalue weighted by atomic mass is 9.96. The molecule has 0 bridgehead atoms. The molecule has 13 heavy (non-hydrogen) atoms. The van der Waals surface area contributed by atoms with E-state index in [1.54, 1.807) is 0 Å². The summed E-state index contributed by atoms with van der Waals surface area (Å²) in [6.45, 7) is 2.11. The van der Waals surface area contributed by atoms with Crippen LogP contribution in [0.4, 0.5) is 0 Å². The molecule has 0 amide bonds. The van der Waals surface area contributed by atoms with Gasteiger partial charge in [0.15, 0.2) is 0 Å². The Morgan fingerprint density at radius 2 is 1.77 bits per heavy atom. The van der Waals surface area contributed by atoms with E-state index in [0.29, 0.717) is 8.51 Å². The Labute approximate surface area is 81.4 Å². The molecule has 0 N–H and O–H groups in total. The zero-order chi connectivity index (χ0) is 9.10. The number of aryl methyl sites for hydroxylation is 1. The van der Waals surface area contributed by atoms with E-state index in [1.165, 1.54) is 49.9 Å². The molecule has 1 unspecified atom stereocenters. The predicted octanol–water partition coefficient (Wildman–Crippen LogP) is 3.25. The minimum Gasteiger partial charge on any atom is -0.225 e. The van der Waals surface area contributed by atoms with Crippen molar-refractivity contribution in [3.63, 3.8) is 0 Å². The molecule has 0 aliphatic heterocycles. The van der Waals surface area contributed by atoms with Gasteiger partial charge in [-0.3, -0.25) is 0 Å². The number of hydrogen-bond acceptors (Lipinski definition) is 2. The second kappa shape index (κ2) is 4.23. The molecule has 1 saturated carbocycles. The first-order valence-electron chi connectivity index (χ1n) is 5.25. The quantitative estimate of drug-likeness (QED) is 0.644. The van der Waals surface area contributed by atoms with Gasteiger partial charge in [0.25, 0.3) is 0 Å². The normalized spacial score (nSPS) is 20.7. The van der Waals surface area contributed by atoms with Gasteiger partial charge in [0, 0.05) is 5.92 Å². The molecule has 1 fully saturated rings. The van der Waals surface area contributed by atoms with Crippen molar-refractivity contribution in [1.82, 2.24) is 9.49 Å². The third-order valence-electron chi connectivity index (χ3n) is 3.00. The minimum absolute atomic E-state index is 0.467. The fourth-order valence-electron chi connectivity index (χ4n) is 2.23. The Morgan fingerprint density at radius 1 is 1.08 bits per heavy atom. The standard InChI is InChI=1S/C10H17N2P/c1-8-10(12-13-11-8)9-6-4-2-3-5-7-9/h9,13H,2-7H2,1H3. The van der Waals surface area contributed by atoms with Crippen LogP contribution in [0.5, 0.6) is 0 Å². The maximum Gasteiger partial charge on any atom is 0.0706 e. The Balaban J connectivity index is 2.10. The lowest BCUT2D eigenvalue weighted by Crippen LogP contribution is -1.99. The second-order valence-corrected chi connectivity index (χ2v) is 4.63. The first-order valence-corrected chi connectivity index (χ1v) is 6.14. The summed E-state index contributed by atoms with van der Waals surface area (Å²) >= 11 is 0. The van der Waals surface area contributed by atoms with Crippen LogP contribution in [-0.4, -0.2) is 9.49 Å². The first-order chi connectivity index (χ1) is 6.38. The summed E-state index contributed by atoms with van der Waals surface area (Å²) in [5, 5.41) is 0. The highest BCUT2D eigenvalue weighted by atomic mass is 31.1. The Bertz CT molecular complexity index is 262. The highest BCUT2D eigenvalue weighted by Gasteiger charge is 2.18. The molecule has 1 aliphatic carbocycles.